The van der Waals surface area contributed by atoms with E-state index in [2.05, 4.69) is 22.9 Å². The first-order valence-corrected chi connectivity index (χ1v) is 3.83. The molecule has 5 heteroatoms. The fraction of sp³-hybridized carbons (Fsp3) is 0.286. The fourth-order valence-corrected chi connectivity index (χ4v) is 1.18. The van der Waals surface area contributed by atoms with Crippen molar-refractivity contribution in [1.82, 2.24) is 9.19 Å². The molecule has 1 aromatic heterocycles. The van der Waals surface area contributed by atoms with Gasteiger partial charge in [0.05, 0.1) is 6.20 Å². The largest absolute Gasteiger partial charge is 0.293 e. The molecule has 12 heavy (non-hydrogen) atoms. The van der Waals surface area contributed by atoms with E-state index in [0.29, 0.717) is 11.4 Å². The van der Waals surface area contributed by atoms with Crippen molar-refractivity contribution in [3.8, 4) is 0 Å². The Morgan fingerprint density at radius 3 is 3.00 bits per heavy atom. The Labute approximate surface area is 75.8 Å². The van der Waals surface area contributed by atoms with Gasteiger partial charge >= 0.3 is 0 Å². The van der Waals surface area contributed by atoms with Crippen molar-refractivity contribution >= 4 is 30.5 Å². The summed E-state index contributed by atoms with van der Waals surface area (Å²) in [6.07, 6.45) is 3.11. The molecule has 0 fully saturated rings. The summed E-state index contributed by atoms with van der Waals surface area (Å²) < 4.78 is 1.23. The number of aliphatic imine (C=N–C) groups is 1. The minimum absolute atomic E-state index is 0.0944. The molecule has 0 unspecified atom stereocenters. The summed E-state index contributed by atoms with van der Waals surface area (Å²) in [5, 5.41) is 3.80. The van der Waals surface area contributed by atoms with E-state index in [1.54, 1.807) is 13.1 Å². The molecular formula is C7H9N3OS. The van der Waals surface area contributed by atoms with Gasteiger partial charge in [-0.1, -0.05) is 0 Å². The highest BCUT2D eigenvalue weighted by Crippen LogP contribution is 2.19. The molecule has 0 atom stereocenters. The SMILES string of the molecule is C/C=N\c1cnn(S)c1C(C)=O. The van der Waals surface area contributed by atoms with Crippen molar-refractivity contribution in [2.45, 2.75) is 13.8 Å². The smallest absolute Gasteiger partial charge is 0.181 e. The molecule has 1 heterocycles. The Morgan fingerprint density at radius 2 is 2.50 bits per heavy atom. The van der Waals surface area contributed by atoms with E-state index in [1.165, 1.54) is 17.2 Å². The predicted molar refractivity (Wildman–Crippen MR) is 50.4 cm³/mol. The molecule has 0 spiro atoms. The third kappa shape index (κ3) is 1.55. The number of hydrogen-bond donors (Lipinski definition) is 1. The van der Waals surface area contributed by atoms with Gasteiger partial charge in [0, 0.05) is 13.1 Å². The van der Waals surface area contributed by atoms with E-state index < -0.39 is 0 Å². The number of hydrogen-bond acceptors (Lipinski definition) is 4. The van der Waals surface area contributed by atoms with Crippen LogP contribution in [0.4, 0.5) is 5.69 Å². The molecule has 0 aliphatic carbocycles. The molecule has 0 amide bonds. The Balaban J connectivity index is 3.21. The quantitative estimate of drug-likeness (QED) is 0.429. The molecule has 0 N–H and O–H groups in total. The molecule has 0 saturated carbocycles. The van der Waals surface area contributed by atoms with Gasteiger partial charge in [0.2, 0.25) is 0 Å². The number of carbonyl (C=O) groups is 1. The summed E-state index contributed by atoms with van der Waals surface area (Å²) >= 11 is 3.96. The first-order valence-electron chi connectivity index (χ1n) is 3.43. The average Bonchev–Trinajstić information content (AvgIpc) is 2.32. The lowest BCUT2D eigenvalue weighted by Crippen LogP contribution is -1.98. The number of rotatable bonds is 2. The van der Waals surface area contributed by atoms with Crippen LogP contribution in [0.5, 0.6) is 0 Å². The van der Waals surface area contributed by atoms with Crippen LogP contribution in [-0.4, -0.2) is 21.2 Å². The molecule has 0 aliphatic heterocycles. The topological polar surface area (TPSA) is 47.2 Å². The van der Waals surface area contributed by atoms with Crippen LogP contribution in [0, 0.1) is 0 Å². The van der Waals surface area contributed by atoms with Crippen molar-refractivity contribution in [3.63, 3.8) is 0 Å². The Hall–Kier alpha value is -1.10. The van der Waals surface area contributed by atoms with E-state index >= 15 is 0 Å². The number of aromatic nitrogens is 2. The third-order valence-electron chi connectivity index (χ3n) is 1.33. The number of ketones is 1. The zero-order valence-electron chi connectivity index (χ0n) is 6.85. The fourth-order valence-electron chi connectivity index (χ4n) is 0.885. The maximum absolute atomic E-state index is 11.0. The van der Waals surface area contributed by atoms with Crippen LogP contribution in [0.15, 0.2) is 11.2 Å². The third-order valence-corrected chi connectivity index (χ3v) is 1.64. The van der Waals surface area contributed by atoms with Gasteiger partial charge in [-0.3, -0.25) is 9.79 Å². The predicted octanol–water partition coefficient (Wildman–Crippen LogP) is 1.50. The van der Waals surface area contributed by atoms with E-state index in [9.17, 15) is 4.79 Å². The number of carbonyl (C=O) groups excluding carboxylic acids is 1. The summed E-state index contributed by atoms with van der Waals surface area (Å²) in [6, 6.07) is 0. The summed E-state index contributed by atoms with van der Waals surface area (Å²) in [6.45, 7) is 3.23. The maximum atomic E-state index is 11.0. The van der Waals surface area contributed by atoms with Crippen molar-refractivity contribution in [3.05, 3.63) is 11.9 Å². The number of Topliss-reactive ketones (excluding diaryl/α,β-unsaturated/α-hetero) is 1. The molecule has 0 bridgehead atoms. The highest BCUT2D eigenvalue weighted by molar-refractivity contribution is 7.78. The highest BCUT2D eigenvalue weighted by Gasteiger charge is 2.11. The van der Waals surface area contributed by atoms with Crippen LogP contribution in [0.25, 0.3) is 0 Å². The van der Waals surface area contributed by atoms with Crippen molar-refractivity contribution in [1.29, 1.82) is 0 Å². The highest BCUT2D eigenvalue weighted by atomic mass is 32.1. The summed E-state index contributed by atoms with van der Waals surface area (Å²) in [7, 11) is 0. The van der Waals surface area contributed by atoms with Gasteiger partial charge in [-0.25, -0.2) is 4.09 Å². The zero-order valence-corrected chi connectivity index (χ0v) is 7.75. The van der Waals surface area contributed by atoms with E-state index in [0.717, 1.165) is 0 Å². The maximum Gasteiger partial charge on any atom is 0.181 e. The number of nitrogens with zero attached hydrogens (tertiary/aromatic N) is 3. The van der Waals surface area contributed by atoms with Gasteiger partial charge in [0.1, 0.15) is 11.4 Å². The first-order chi connectivity index (χ1) is 5.66. The normalized spacial score (nSPS) is 10.9. The van der Waals surface area contributed by atoms with E-state index in [1.807, 2.05) is 0 Å². The van der Waals surface area contributed by atoms with Crippen molar-refractivity contribution in [2.75, 3.05) is 0 Å². The molecule has 1 rings (SSSR count). The second-order valence-electron chi connectivity index (χ2n) is 2.21. The van der Waals surface area contributed by atoms with Gasteiger partial charge in [-0.05, 0) is 19.7 Å². The molecule has 0 aliphatic rings. The lowest BCUT2D eigenvalue weighted by Gasteiger charge is -1.94. The molecule has 4 nitrogen and oxygen atoms in total. The Kier molecular flexibility index (Phi) is 2.65. The molecule has 0 aromatic carbocycles. The number of thiol groups is 1. The van der Waals surface area contributed by atoms with Gasteiger partial charge < -0.3 is 0 Å². The molecule has 1 aromatic rings. The summed E-state index contributed by atoms with van der Waals surface area (Å²) in [5.74, 6) is -0.0944. The van der Waals surface area contributed by atoms with Gasteiger partial charge in [-0.15, -0.1) is 0 Å². The zero-order chi connectivity index (χ0) is 9.14. The molecule has 64 valence electrons. The molecule has 0 saturated heterocycles. The lowest BCUT2D eigenvalue weighted by atomic mass is 10.3. The van der Waals surface area contributed by atoms with Gasteiger partial charge in [-0.2, -0.15) is 5.10 Å². The monoisotopic (exact) mass is 183 g/mol. The second kappa shape index (κ2) is 3.53. The first kappa shape index (κ1) is 8.99. The standard InChI is InChI=1S/C7H9N3OS/c1-3-8-6-4-9-10(12)7(6)5(2)11/h3-4,12H,1-2H3/b8-3-. The van der Waals surface area contributed by atoms with Crippen LogP contribution in [0.3, 0.4) is 0 Å². The molecular weight excluding hydrogens is 174 g/mol. The Morgan fingerprint density at radius 1 is 1.83 bits per heavy atom. The Bertz CT molecular complexity index is 329. The average molecular weight is 183 g/mol. The van der Waals surface area contributed by atoms with E-state index in [4.69, 9.17) is 0 Å². The van der Waals surface area contributed by atoms with Crippen molar-refractivity contribution in [2.24, 2.45) is 4.99 Å². The van der Waals surface area contributed by atoms with Crippen LogP contribution >= 0.6 is 12.8 Å². The van der Waals surface area contributed by atoms with E-state index in [-0.39, 0.29) is 5.78 Å². The van der Waals surface area contributed by atoms with Crippen LogP contribution in [0.1, 0.15) is 24.3 Å². The summed E-state index contributed by atoms with van der Waals surface area (Å²) in [5.41, 5.74) is 0.969. The van der Waals surface area contributed by atoms with Crippen LogP contribution in [0.2, 0.25) is 0 Å². The van der Waals surface area contributed by atoms with Gasteiger partial charge in [0.25, 0.3) is 0 Å². The second-order valence-corrected chi connectivity index (χ2v) is 2.59. The van der Waals surface area contributed by atoms with Crippen molar-refractivity contribution < 1.29 is 4.79 Å². The lowest BCUT2D eigenvalue weighted by molar-refractivity contribution is 0.101. The summed E-state index contributed by atoms with van der Waals surface area (Å²) in [4.78, 5) is 15.0. The van der Waals surface area contributed by atoms with Crippen LogP contribution in [-0.2, 0) is 0 Å². The molecule has 0 radical (unpaired) electrons. The van der Waals surface area contributed by atoms with Crippen LogP contribution < -0.4 is 0 Å². The minimum Gasteiger partial charge on any atom is -0.293 e. The van der Waals surface area contributed by atoms with Gasteiger partial charge in [0.15, 0.2) is 5.78 Å². The minimum atomic E-state index is -0.0944.